The molecule has 0 unspecified atom stereocenters. The first-order chi connectivity index (χ1) is 10.1. The van der Waals surface area contributed by atoms with Crippen LogP contribution in [0.3, 0.4) is 0 Å². The molecule has 0 spiro atoms. The summed E-state index contributed by atoms with van der Waals surface area (Å²) in [6, 6.07) is 8.86. The second-order valence-electron chi connectivity index (χ2n) is 4.51. The number of benzene rings is 1. The minimum Gasteiger partial charge on any atom is -0.497 e. The lowest BCUT2D eigenvalue weighted by molar-refractivity contribution is 0.415. The van der Waals surface area contributed by atoms with E-state index in [9.17, 15) is 9.59 Å². The highest BCUT2D eigenvalue weighted by Gasteiger charge is 2.09. The van der Waals surface area contributed by atoms with Gasteiger partial charge in [0.15, 0.2) is 5.65 Å². The third-order valence-electron chi connectivity index (χ3n) is 3.24. The van der Waals surface area contributed by atoms with Gasteiger partial charge in [-0.25, -0.2) is 4.79 Å². The average molecular weight is 284 g/mol. The molecule has 0 atom stereocenters. The van der Waals surface area contributed by atoms with E-state index in [1.54, 1.807) is 25.3 Å². The number of nitrogens with zero attached hydrogens (tertiary/aromatic N) is 3. The number of rotatable bonds is 2. The lowest BCUT2D eigenvalue weighted by Gasteiger charge is -2.04. The standard InChI is InChI=1S/C14H12N4O3/c1-18-13(19)10-7-11(16-17-12(10)15-14(18)20)8-3-5-9(21-2)6-4-8/h3-7H,1-2H3,(H,15,17,20). The number of H-pyrrole nitrogens is 1. The number of ether oxygens (including phenoxy) is 1. The fourth-order valence-electron chi connectivity index (χ4n) is 2.01. The van der Waals surface area contributed by atoms with Crippen molar-refractivity contribution >= 4 is 11.0 Å². The molecule has 0 aliphatic heterocycles. The molecule has 2 heterocycles. The Kier molecular flexibility index (Phi) is 3.02. The van der Waals surface area contributed by atoms with Gasteiger partial charge in [0.25, 0.3) is 5.56 Å². The van der Waals surface area contributed by atoms with Gasteiger partial charge in [-0.05, 0) is 30.3 Å². The number of hydrogen-bond donors (Lipinski definition) is 1. The van der Waals surface area contributed by atoms with Gasteiger partial charge in [0.1, 0.15) is 5.75 Å². The van der Waals surface area contributed by atoms with E-state index in [-0.39, 0.29) is 5.65 Å². The number of aromatic nitrogens is 4. The quantitative estimate of drug-likeness (QED) is 0.748. The lowest BCUT2D eigenvalue weighted by atomic mass is 10.1. The monoisotopic (exact) mass is 284 g/mol. The van der Waals surface area contributed by atoms with Crippen molar-refractivity contribution in [2.75, 3.05) is 7.11 Å². The van der Waals surface area contributed by atoms with E-state index in [2.05, 4.69) is 15.2 Å². The maximum Gasteiger partial charge on any atom is 0.329 e. The minimum absolute atomic E-state index is 0.181. The van der Waals surface area contributed by atoms with Crippen LogP contribution in [0.25, 0.3) is 22.3 Å². The van der Waals surface area contributed by atoms with Crippen LogP contribution in [-0.4, -0.2) is 26.9 Å². The third-order valence-corrected chi connectivity index (χ3v) is 3.24. The second-order valence-corrected chi connectivity index (χ2v) is 4.51. The Morgan fingerprint density at radius 2 is 1.86 bits per heavy atom. The van der Waals surface area contributed by atoms with Crippen molar-refractivity contribution in [2.24, 2.45) is 7.05 Å². The van der Waals surface area contributed by atoms with Gasteiger partial charge < -0.3 is 4.74 Å². The highest BCUT2D eigenvalue weighted by molar-refractivity contribution is 5.77. The first-order valence-electron chi connectivity index (χ1n) is 6.21. The number of nitrogens with one attached hydrogen (secondary N) is 1. The summed E-state index contributed by atoms with van der Waals surface area (Å²) in [5.41, 5.74) is 0.616. The van der Waals surface area contributed by atoms with Crippen molar-refractivity contribution in [1.29, 1.82) is 0 Å². The summed E-state index contributed by atoms with van der Waals surface area (Å²) in [7, 11) is 3.00. The Labute approximate surface area is 118 Å². The van der Waals surface area contributed by atoms with Crippen molar-refractivity contribution in [3.05, 3.63) is 51.2 Å². The fourth-order valence-corrected chi connectivity index (χ4v) is 2.01. The first-order valence-corrected chi connectivity index (χ1v) is 6.21. The average Bonchev–Trinajstić information content (AvgIpc) is 2.53. The van der Waals surface area contributed by atoms with Crippen molar-refractivity contribution in [3.8, 4) is 17.0 Å². The number of hydrogen-bond acceptors (Lipinski definition) is 5. The van der Waals surface area contributed by atoms with Crippen molar-refractivity contribution < 1.29 is 4.74 Å². The van der Waals surface area contributed by atoms with Gasteiger partial charge in [-0.15, -0.1) is 10.2 Å². The van der Waals surface area contributed by atoms with Crippen molar-refractivity contribution in [3.63, 3.8) is 0 Å². The minimum atomic E-state index is -0.515. The Morgan fingerprint density at radius 3 is 2.52 bits per heavy atom. The van der Waals surface area contributed by atoms with Crippen LogP contribution in [0.1, 0.15) is 0 Å². The third kappa shape index (κ3) is 2.18. The molecule has 0 aliphatic carbocycles. The van der Waals surface area contributed by atoms with Crippen molar-refractivity contribution in [1.82, 2.24) is 19.7 Å². The Hall–Kier alpha value is -2.96. The van der Waals surface area contributed by atoms with Crippen LogP contribution in [0.4, 0.5) is 0 Å². The summed E-state index contributed by atoms with van der Waals surface area (Å²) in [5, 5.41) is 8.27. The molecule has 1 N–H and O–H groups in total. The van der Waals surface area contributed by atoms with E-state index >= 15 is 0 Å². The largest absolute Gasteiger partial charge is 0.497 e. The van der Waals surface area contributed by atoms with Gasteiger partial charge in [0, 0.05) is 12.6 Å². The van der Waals surface area contributed by atoms with Crippen LogP contribution in [0.15, 0.2) is 39.9 Å². The van der Waals surface area contributed by atoms with Gasteiger partial charge in [0.05, 0.1) is 18.2 Å². The molecule has 1 aromatic carbocycles. The molecule has 0 aliphatic rings. The van der Waals surface area contributed by atoms with E-state index in [4.69, 9.17) is 4.74 Å². The summed E-state index contributed by atoms with van der Waals surface area (Å²) in [6.07, 6.45) is 0. The highest BCUT2D eigenvalue weighted by atomic mass is 16.5. The molecule has 7 heteroatoms. The van der Waals surface area contributed by atoms with Gasteiger partial charge in [-0.1, -0.05) is 0 Å². The van der Waals surface area contributed by atoms with Crippen LogP contribution in [0.2, 0.25) is 0 Å². The summed E-state index contributed by atoms with van der Waals surface area (Å²) in [5.74, 6) is 0.729. The number of fused-ring (bicyclic) bond motifs is 1. The highest BCUT2D eigenvalue weighted by Crippen LogP contribution is 2.21. The molecule has 0 amide bonds. The normalized spacial score (nSPS) is 10.8. The Morgan fingerprint density at radius 1 is 1.14 bits per heavy atom. The molecule has 0 saturated heterocycles. The molecule has 3 rings (SSSR count). The molecule has 0 fully saturated rings. The topological polar surface area (TPSA) is 89.9 Å². The zero-order chi connectivity index (χ0) is 15.0. The first kappa shape index (κ1) is 13.0. The van der Waals surface area contributed by atoms with Crippen LogP contribution >= 0.6 is 0 Å². The van der Waals surface area contributed by atoms with Gasteiger partial charge in [0.2, 0.25) is 0 Å². The second kappa shape index (κ2) is 4.86. The maximum atomic E-state index is 12.1. The number of aromatic amines is 1. The van der Waals surface area contributed by atoms with E-state index in [0.29, 0.717) is 11.1 Å². The van der Waals surface area contributed by atoms with E-state index < -0.39 is 11.2 Å². The molecule has 7 nitrogen and oxygen atoms in total. The molecule has 21 heavy (non-hydrogen) atoms. The summed E-state index contributed by atoms with van der Waals surface area (Å²) >= 11 is 0. The maximum absolute atomic E-state index is 12.1. The summed E-state index contributed by atoms with van der Waals surface area (Å²) < 4.78 is 6.10. The van der Waals surface area contributed by atoms with Crippen LogP contribution in [0, 0.1) is 0 Å². The van der Waals surface area contributed by atoms with Crippen LogP contribution < -0.4 is 16.0 Å². The molecule has 0 bridgehead atoms. The summed E-state index contributed by atoms with van der Waals surface area (Å²) in [6.45, 7) is 0. The molecule has 0 saturated carbocycles. The van der Waals surface area contributed by atoms with E-state index in [1.807, 2.05) is 12.1 Å². The molecule has 2 aromatic heterocycles. The molecule has 3 aromatic rings. The van der Waals surface area contributed by atoms with Gasteiger partial charge in [-0.2, -0.15) is 0 Å². The Balaban J connectivity index is 2.20. The van der Waals surface area contributed by atoms with E-state index in [1.165, 1.54) is 7.05 Å². The van der Waals surface area contributed by atoms with Crippen LogP contribution in [0.5, 0.6) is 5.75 Å². The van der Waals surface area contributed by atoms with Gasteiger partial charge >= 0.3 is 5.69 Å². The zero-order valence-corrected chi connectivity index (χ0v) is 11.5. The zero-order valence-electron chi connectivity index (χ0n) is 11.5. The SMILES string of the molecule is COc1ccc(-c2cc3c(=O)n(C)c(=O)[nH]c3nn2)cc1. The van der Waals surface area contributed by atoms with E-state index in [0.717, 1.165) is 15.9 Å². The fraction of sp³-hybridized carbons (Fsp3) is 0.143. The van der Waals surface area contributed by atoms with Crippen molar-refractivity contribution in [2.45, 2.75) is 0 Å². The molecule has 0 radical (unpaired) electrons. The van der Waals surface area contributed by atoms with Crippen LogP contribution in [-0.2, 0) is 7.05 Å². The molecular weight excluding hydrogens is 272 g/mol. The summed E-state index contributed by atoms with van der Waals surface area (Å²) in [4.78, 5) is 26.1. The van der Waals surface area contributed by atoms with Gasteiger partial charge in [-0.3, -0.25) is 14.3 Å². The predicted molar refractivity (Wildman–Crippen MR) is 77.4 cm³/mol. The lowest BCUT2D eigenvalue weighted by Crippen LogP contribution is -2.32. The smallest absolute Gasteiger partial charge is 0.329 e. The Bertz CT molecular complexity index is 926. The number of methoxy groups -OCH3 is 1. The molecular formula is C14H12N4O3. The molecule has 106 valence electrons. The predicted octanol–water partition coefficient (Wildman–Crippen LogP) is 0.692.